The molecule has 1 aromatic carbocycles. The van der Waals surface area contributed by atoms with Gasteiger partial charge in [-0.05, 0) is 47.0 Å². The molecule has 1 aromatic heterocycles. The lowest BCUT2D eigenvalue weighted by Crippen LogP contribution is -2.10. The van der Waals surface area contributed by atoms with Gasteiger partial charge in [0.1, 0.15) is 5.69 Å². The van der Waals surface area contributed by atoms with Gasteiger partial charge in [-0.15, -0.1) is 0 Å². The van der Waals surface area contributed by atoms with E-state index in [-0.39, 0.29) is 5.78 Å². The fourth-order valence-corrected chi connectivity index (χ4v) is 2.46. The lowest BCUT2D eigenvalue weighted by Gasteiger charge is -2.05. The molecular weight excluding hydrogens is 306 g/mol. The molecule has 4 nitrogen and oxygen atoms in total. The lowest BCUT2D eigenvalue weighted by molar-refractivity contribution is 0.0971. The molecule has 0 atom stereocenters. The normalized spacial score (nSPS) is 10.6. The SMILES string of the molecule is CCn1ncc(Br)c1C(=O)CCc1ccc(N)cc1. The number of hydrogen-bond acceptors (Lipinski definition) is 3. The predicted molar refractivity (Wildman–Crippen MR) is 79.1 cm³/mol. The van der Waals surface area contributed by atoms with Crippen molar-refractivity contribution in [1.29, 1.82) is 0 Å². The molecule has 0 aliphatic rings. The van der Waals surface area contributed by atoms with E-state index in [1.54, 1.807) is 10.9 Å². The Morgan fingerprint density at radius 3 is 2.68 bits per heavy atom. The Bertz CT molecular complexity index is 575. The molecule has 5 heteroatoms. The fourth-order valence-electron chi connectivity index (χ4n) is 1.94. The number of ketones is 1. The van der Waals surface area contributed by atoms with Crippen LogP contribution >= 0.6 is 15.9 Å². The van der Waals surface area contributed by atoms with Crippen LogP contribution in [-0.4, -0.2) is 15.6 Å². The number of halogens is 1. The summed E-state index contributed by atoms with van der Waals surface area (Å²) < 4.78 is 2.48. The Kier molecular flexibility index (Phi) is 4.37. The van der Waals surface area contributed by atoms with Crippen LogP contribution in [0.15, 0.2) is 34.9 Å². The van der Waals surface area contributed by atoms with Crippen molar-refractivity contribution in [2.45, 2.75) is 26.3 Å². The van der Waals surface area contributed by atoms with Gasteiger partial charge in [0.05, 0.1) is 10.7 Å². The Balaban J connectivity index is 2.05. The molecule has 0 amide bonds. The zero-order valence-corrected chi connectivity index (χ0v) is 12.4. The first-order valence-electron chi connectivity index (χ1n) is 6.20. The summed E-state index contributed by atoms with van der Waals surface area (Å²) in [6, 6.07) is 7.61. The molecule has 0 saturated carbocycles. The van der Waals surface area contributed by atoms with Gasteiger partial charge < -0.3 is 5.73 Å². The number of nitrogen functional groups attached to an aromatic ring is 1. The van der Waals surface area contributed by atoms with E-state index in [2.05, 4.69) is 21.0 Å². The maximum atomic E-state index is 12.2. The van der Waals surface area contributed by atoms with Crippen molar-refractivity contribution < 1.29 is 4.79 Å². The molecule has 2 N–H and O–H groups in total. The van der Waals surface area contributed by atoms with E-state index in [9.17, 15) is 4.79 Å². The molecule has 0 bridgehead atoms. The zero-order valence-electron chi connectivity index (χ0n) is 10.8. The number of rotatable bonds is 5. The standard InChI is InChI=1S/C14H16BrN3O/c1-2-18-14(12(15)9-17-18)13(19)8-5-10-3-6-11(16)7-4-10/h3-4,6-7,9H,2,5,8,16H2,1H3. The number of nitrogens with two attached hydrogens (primary N) is 1. The summed E-state index contributed by atoms with van der Waals surface area (Å²) in [5.74, 6) is 0.100. The molecule has 0 aliphatic carbocycles. The largest absolute Gasteiger partial charge is 0.399 e. The average molecular weight is 322 g/mol. The highest BCUT2D eigenvalue weighted by Crippen LogP contribution is 2.19. The van der Waals surface area contributed by atoms with Crippen LogP contribution in [0.1, 0.15) is 29.4 Å². The third kappa shape index (κ3) is 3.23. The highest BCUT2D eigenvalue weighted by molar-refractivity contribution is 9.10. The van der Waals surface area contributed by atoms with Gasteiger partial charge in [-0.25, -0.2) is 0 Å². The van der Waals surface area contributed by atoms with Crippen molar-refractivity contribution in [2.24, 2.45) is 0 Å². The minimum Gasteiger partial charge on any atom is -0.399 e. The number of anilines is 1. The van der Waals surface area contributed by atoms with Crippen molar-refractivity contribution in [2.75, 3.05) is 5.73 Å². The Morgan fingerprint density at radius 2 is 2.05 bits per heavy atom. The number of nitrogens with zero attached hydrogens (tertiary/aromatic N) is 2. The van der Waals surface area contributed by atoms with Gasteiger partial charge in [0, 0.05) is 18.7 Å². The van der Waals surface area contributed by atoms with Crippen LogP contribution in [0.3, 0.4) is 0 Å². The second-order valence-electron chi connectivity index (χ2n) is 4.32. The van der Waals surface area contributed by atoms with E-state index in [0.717, 1.165) is 15.7 Å². The molecule has 2 aromatic rings. The topological polar surface area (TPSA) is 60.9 Å². The van der Waals surface area contributed by atoms with Crippen LogP contribution in [0.5, 0.6) is 0 Å². The van der Waals surface area contributed by atoms with Gasteiger partial charge >= 0.3 is 0 Å². The molecule has 0 saturated heterocycles. The van der Waals surface area contributed by atoms with Gasteiger partial charge in [0.2, 0.25) is 0 Å². The number of hydrogen-bond donors (Lipinski definition) is 1. The molecule has 0 spiro atoms. The van der Waals surface area contributed by atoms with Crippen molar-refractivity contribution in [3.05, 3.63) is 46.2 Å². The van der Waals surface area contributed by atoms with Crippen LogP contribution in [0.4, 0.5) is 5.69 Å². The number of aromatic nitrogens is 2. The molecule has 100 valence electrons. The highest BCUT2D eigenvalue weighted by atomic mass is 79.9. The summed E-state index contributed by atoms with van der Waals surface area (Å²) in [5, 5.41) is 4.15. The van der Waals surface area contributed by atoms with E-state index >= 15 is 0 Å². The first kappa shape index (κ1) is 13.8. The molecule has 0 fully saturated rings. The maximum Gasteiger partial charge on any atom is 0.182 e. The summed E-state index contributed by atoms with van der Waals surface area (Å²) in [7, 11) is 0. The first-order chi connectivity index (χ1) is 9.11. The van der Waals surface area contributed by atoms with Crippen LogP contribution in [0, 0.1) is 0 Å². The van der Waals surface area contributed by atoms with Crippen LogP contribution in [0.2, 0.25) is 0 Å². The molecule has 0 radical (unpaired) electrons. The van der Waals surface area contributed by atoms with Crippen molar-refractivity contribution >= 4 is 27.4 Å². The average Bonchev–Trinajstić information content (AvgIpc) is 2.79. The van der Waals surface area contributed by atoms with Gasteiger partial charge in [0.15, 0.2) is 5.78 Å². The summed E-state index contributed by atoms with van der Waals surface area (Å²) in [5.41, 5.74) is 8.13. The minimum atomic E-state index is 0.100. The Hall–Kier alpha value is -1.62. The first-order valence-corrected chi connectivity index (χ1v) is 7.00. The number of aryl methyl sites for hydroxylation is 2. The molecular formula is C14H16BrN3O. The molecule has 0 unspecified atom stereocenters. The lowest BCUT2D eigenvalue weighted by atomic mass is 10.1. The number of carbonyl (C=O) groups excluding carboxylic acids is 1. The molecule has 2 rings (SSSR count). The van der Waals surface area contributed by atoms with Gasteiger partial charge in [0.25, 0.3) is 0 Å². The summed E-state index contributed by atoms with van der Waals surface area (Å²) >= 11 is 3.37. The third-order valence-electron chi connectivity index (χ3n) is 2.98. The van der Waals surface area contributed by atoms with E-state index in [0.29, 0.717) is 25.1 Å². The van der Waals surface area contributed by atoms with Gasteiger partial charge in [-0.1, -0.05) is 12.1 Å². The van der Waals surface area contributed by atoms with E-state index < -0.39 is 0 Å². The van der Waals surface area contributed by atoms with Crippen molar-refractivity contribution in [3.63, 3.8) is 0 Å². The number of carbonyl (C=O) groups is 1. The number of benzene rings is 1. The number of Topliss-reactive ketones (excluding diaryl/α,β-unsaturated/α-hetero) is 1. The quantitative estimate of drug-likeness (QED) is 0.680. The summed E-state index contributed by atoms with van der Waals surface area (Å²) in [6.07, 6.45) is 2.84. The Morgan fingerprint density at radius 1 is 1.37 bits per heavy atom. The minimum absolute atomic E-state index is 0.100. The third-order valence-corrected chi connectivity index (χ3v) is 3.56. The Labute approximate surface area is 120 Å². The van der Waals surface area contributed by atoms with E-state index in [4.69, 9.17) is 5.73 Å². The van der Waals surface area contributed by atoms with Gasteiger partial charge in [-0.3, -0.25) is 9.48 Å². The van der Waals surface area contributed by atoms with Crippen molar-refractivity contribution in [3.8, 4) is 0 Å². The van der Waals surface area contributed by atoms with Gasteiger partial charge in [-0.2, -0.15) is 5.10 Å². The van der Waals surface area contributed by atoms with Crippen LogP contribution in [0.25, 0.3) is 0 Å². The molecule has 19 heavy (non-hydrogen) atoms. The highest BCUT2D eigenvalue weighted by Gasteiger charge is 2.16. The molecule has 0 aliphatic heterocycles. The smallest absolute Gasteiger partial charge is 0.182 e. The molecule has 1 heterocycles. The zero-order chi connectivity index (χ0) is 13.8. The summed E-state index contributed by atoms with van der Waals surface area (Å²) in [4.78, 5) is 12.2. The summed E-state index contributed by atoms with van der Waals surface area (Å²) in [6.45, 7) is 2.66. The van der Waals surface area contributed by atoms with Crippen molar-refractivity contribution in [1.82, 2.24) is 9.78 Å². The van der Waals surface area contributed by atoms with Crippen LogP contribution in [-0.2, 0) is 13.0 Å². The van der Waals surface area contributed by atoms with E-state index in [1.807, 2.05) is 31.2 Å². The van der Waals surface area contributed by atoms with E-state index in [1.165, 1.54) is 0 Å². The second kappa shape index (κ2) is 6.02. The predicted octanol–water partition coefficient (Wildman–Crippen LogP) is 3.06. The second-order valence-corrected chi connectivity index (χ2v) is 5.18. The van der Waals surface area contributed by atoms with Crippen LogP contribution < -0.4 is 5.73 Å². The fraction of sp³-hybridized carbons (Fsp3) is 0.286. The maximum absolute atomic E-state index is 12.2. The monoisotopic (exact) mass is 321 g/mol.